The average molecular weight is 216 g/mol. The molecule has 1 fully saturated rings. The van der Waals surface area contributed by atoms with Gasteiger partial charge in [0.25, 0.3) is 0 Å². The number of unbranched alkanes of at least 4 members (excludes halogenated alkanes) is 1. The Hall–Kier alpha value is -0.610. The second-order valence-corrected chi connectivity index (χ2v) is 4.19. The van der Waals surface area contributed by atoms with Crippen molar-refractivity contribution in [1.82, 2.24) is 0 Å². The Morgan fingerprint density at radius 1 is 1.53 bits per heavy atom. The minimum absolute atomic E-state index is 0.370. The van der Waals surface area contributed by atoms with E-state index in [4.69, 9.17) is 9.47 Å². The van der Waals surface area contributed by atoms with E-state index in [1.54, 1.807) is 7.11 Å². The molecule has 0 aromatic carbocycles. The molecule has 1 atom stereocenters. The van der Waals surface area contributed by atoms with E-state index >= 15 is 0 Å². The van der Waals surface area contributed by atoms with Crippen LogP contribution in [0.5, 0.6) is 0 Å². The summed E-state index contributed by atoms with van der Waals surface area (Å²) < 4.78 is 10.2. The van der Waals surface area contributed by atoms with E-state index in [2.05, 4.69) is 0 Å². The molecule has 1 aliphatic heterocycles. The van der Waals surface area contributed by atoms with Gasteiger partial charge in [-0.1, -0.05) is 0 Å². The lowest BCUT2D eigenvalue weighted by atomic mass is 9.78. The Balaban J connectivity index is 2.39. The molecule has 0 bridgehead atoms. The van der Waals surface area contributed by atoms with Crippen LogP contribution in [0, 0.1) is 5.41 Å². The van der Waals surface area contributed by atoms with Crippen LogP contribution in [0.3, 0.4) is 0 Å². The summed E-state index contributed by atoms with van der Waals surface area (Å²) in [7, 11) is 1.66. The van der Waals surface area contributed by atoms with Crippen LogP contribution in [0.15, 0.2) is 0 Å². The quantitative estimate of drug-likeness (QED) is 0.686. The molecule has 4 heteroatoms. The number of carboxylic acid groups (broad SMARTS) is 1. The summed E-state index contributed by atoms with van der Waals surface area (Å²) in [6.07, 6.45) is 4.12. The monoisotopic (exact) mass is 216 g/mol. The highest BCUT2D eigenvalue weighted by Crippen LogP contribution is 2.34. The number of hydrogen-bond donors (Lipinski definition) is 1. The van der Waals surface area contributed by atoms with Gasteiger partial charge < -0.3 is 14.6 Å². The normalized spacial score (nSPS) is 26.5. The molecule has 1 rings (SSSR count). The van der Waals surface area contributed by atoms with Gasteiger partial charge in [0.1, 0.15) is 0 Å². The number of hydrogen-bond acceptors (Lipinski definition) is 3. The smallest absolute Gasteiger partial charge is 0.311 e. The number of carboxylic acids is 1. The van der Waals surface area contributed by atoms with Gasteiger partial charge in [-0.05, 0) is 32.1 Å². The van der Waals surface area contributed by atoms with Crippen LogP contribution in [0.4, 0.5) is 0 Å². The summed E-state index contributed by atoms with van der Waals surface area (Å²) in [5.74, 6) is -0.709. The van der Waals surface area contributed by atoms with Crippen LogP contribution in [-0.4, -0.2) is 38.0 Å². The average Bonchev–Trinajstić information content (AvgIpc) is 2.26. The summed E-state index contributed by atoms with van der Waals surface area (Å²) in [6, 6.07) is 0. The first-order valence-electron chi connectivity index (χ1n) is 5.51. The topological polar surface area (TPSA) is 55.8 Å². The number of carbonyl (C=O) groups is 1. The highest BCUT2D eigenvalue weighted by molar-refractivity contribution is 5.74. The molecule has 0 radical (unpaired) electrons. The maximum atomic E-state index is 11.2. The minimum atomic E-state index is -0.709. The molecule has 15 heavy (non-hydrogen) atoms. The molecule has 0 spiro atoms. The third-order valence-corrected chi connectivity index (χ3v) is 3.03. The second-order valence-electron chi connectivity index (χ2n) is 4.19. The van der Waals surface area contributed by atoms with E-state index in [1.165, 1.54) is 0 Å². The van der Waals surface area contributed by atoms with Crippen molar-refractivity contribution in [2.45, 2.75) is 32.1 Å². The first kappa shape index (κ1) is 12.5. The molecule has 1 aliphatic rings. The third-order valence-electron chi connectivity index (χ3n) is 3.03. The van der Waals surface area contributed by atoms with Gasteiger partial charge in [-0.2, -0.15) is 0 Å². The minimum Gasteiger partial charge on any atom is -0.481 e. The third kappa shape index (κ3) is 3.47. The Morgan fingerprint density at radius 3 is 2.87 bits per heavy atom. The molecule has 0 amide bonds. The Bertz CT molecular complexity index is 197. The largest absolute Gasteiger partial charge is 0.481 e. The molecule has 4 nitrogen and oxygen atoms in total. The molecule has 88 valence electrons. The lowest BCUT2D eigenvalue weighted by molar-refractivity contribution is -0.158. The van der Waals surface area contributed by atoms with Crippen molar-refractivity contribution in [2.24, 2.45) is 5.41 Å². The molecule has 1 saturated heterocycles. The van der Waals surface area contributed by atoms with Crippen molar-refractivity contribution in [1.29, 1.82) is 0 Å². The predicted molar refractivity (Wildman–Crippen MR) is 55.8 cm³/mol. The first-order valence-corrected chi connectivity index (χ1v) is 5.51. The fourth-order valence-corrected chi connectivity index (χ4v) is 2.03. The summed E-state index contributed by atoms with van der Waals surface area (Å²) in [5.41, 5.74) is -0.633. The van der Waals surface area contributed by atoms with Crippen LogP contribution in [0.1, 0.15) is 32.1 Å². The highest BCUT2D eigenvalue weighted by atomic mass is 16.5. The lowest BCUT2D eigenvalue weighted by Gasteiger charge is -2.32. The van der Waals surface area contributed by atoms with Crippen molar-refractivity contribution in [3.63, 3.8) is 0 Å². The SMILES string of the molecule is COCCCCC1(C(=O)O)CCCOC1. The fourth-order valence-electron chi connectivity index (χ4n) is 2.03. The zero-order valence-electron chi connectivity index (χ0n) is 9.33. The van der Waals surface area contributed by atoms with E-state index < -0.39 is 11.4 Å². The lowest BCUT2D eigenvalue weighted by Crippen LogP contribution is -2.39. The Labute approximate surface area is 90.6 Å². The standard InChI is InChI=1S/C11H20O4/c1-14-7-3-2-5-11(10(12)13)6-4-8-15-9-11/h2-9H2,1H3,(H,12,13). The van der Waals surface area contributed by atoms with Crippen molar-refractivity contribution >= 4 is 5.97 Å². The molecule has 0 aromatic rings. The Morgan fingerprint density at radius 2 is 2.33 bits per heavy atom. The van der Waals surface area contributed by atoms with Gasteiger partial charge in [-0.25, -0.2) is 0 Å². The number of methoxy groups -OCH3 is 1. The van der Waals surface area contributed by atoms with Gasteiger partial charge in [-0.15, -0.1) is 0 Å². The van der Waals surface area contributed by atoms with E-state index in [9.17, 15) is 9.90 Å². The van der Waals surface area contributed by atoms with Crippen molar-refractivity contribution in [2.75, 3.05) is 26.9 Å². The fraction of sp³-hybridized carbons (Fsp3) is 0.909. The van der Waals surface area contributed by atoms with Crippen molar-refractivity contribution in [3.05, 3.63) is 0 Å². The van der Waals surface area contributed by atoms with Gasteiger partial charge in [0, 0.05) is 20.3 Å². The number of rotatable bonds is 6. The summed E-state index contributed by atoms with van der Waals surface area (Å²) >= 11 is 0. The van der Waals surface area contributed by atoms with Gasteiger partial charge in [-0.3, -0.25) is 4.79 Å². The van der Waals surface area contributed by atoms with Crippen LogP contribution < -0.4 is 0 Å². The van der Waals surface area contributed by atoms with E-state index in [0.717, 1.165) is 25.7 Å². The summed E-state index contributed by atoms with van der Waals surface area (Å²) in [4.78, 5) is 11.2. The molecule has 0 aliphatic carbocycles. The van der Waals surface area contributed by atoms with E-state index in [0.29, 0.717) is 26.2 Å². The number of ether oxygens (including phenoxy) is 2. The van der Waals surface area contributed by atoms with Gasteiger partial charge in [0.2, 0.25) is 0 Å². The molecular weight excluding hydrogens is 196 g/mol. The molecule has 0 aromatic heterocycles. The molecule has 1 N–H and O–H groups in total. The maximum absolute atomic E-state index is 11.2. The van der Waals surface area contributed by atoms with E-state index in [-0.39, 0.29) is 0 Å². The molecular formula is C11H20O4. The molecule has 0 saturated carbocycles. The zero-order chi connectivity index (χ0) is 11.1. The van der Waals surface area contributed by atoms with Gasteiger partial charge in [0.15, 0.2) is 0 Å². The highest BCUT2D eigenvalue weighted by Gasteiger charge is 2.39. The molecule has 1 heterocycles. The molecule has 1 unspecified atom stereocenters. The van der Waals surface area contributed by atoms with E-state index in [1.807, 2.05) is 0 Å². The Kier molecular flexibility index (Phi) is 5.05. The van der Waals surface area contributed by atoms with Crippen LogP contribution >= 0.6 is 0 Å². The van der Waals surface area contributed by atoms with Crippen LogP contribution in [-0.2, 0) is 14.3 Å². The van der Waals surface area contributed by atoms with Crippen LogP contribution in [0.25, 0.3) is 0 Å². The summed E-state index contributed by atoms with van der Waals surface area (Å²) in [5, 5.41) is 9.23. The number of aliphatic carboxylic acids is 1. The zero-order valence-corrected chi connectivity index (χ0v) is 9.33. The van der Waals surface area contributed by atoms with Gasteiger partial charge in [0.05, 0.1) is 12.0 Å². The second kappa shape index (κ2) is 6.08. The van der Waals surface area contributed by atoms with Crippen LogP contribution in [0.2, 0.25) is 0 Å². The van der Waals surface area contributed by atoms with Crippen molar-refractivity contribution in [3.8, 4) is 0 Å². The van der Waals surface area contributed by atoms with Crippen molar-refractivity contribution < 1.29 is 19.4 Å². The summed E-state index contributed by atoms with van der Waals surface area (Å²) in [6.45, 7) is 1.78. The predicted octanol–water partition coefficient (Wildman–Crippen LogP) is 1.68. The maximum Gasteiger partial charge on any atom is 0.311 e. The first-order chi connectivity index (χ1) is 7.21. The van der Waals surface area contributed by atoms with Gasteiger partial charge >= 0.3 is 5.97 Å².